The van der Waals surface area contributed by atoms with Gasteiger partial charge in [0.1, 0.15) is 5.82 Å². The first-order valence-corrected chi connectivity index (χ1v) is 6.17. The molecule has 2 aromatic carbocycles. The maximum absolute atomic E-state index is 12.9. The number of rotatable bonds is 2. The van der Waals surface area contributed by atoms with E-state index in [0.717, 1.165) is 0 Å². The van der Waals surface area contributed by atoms with Crippen LogP contribution in [-0.2, 0) is 0 Å². The average molecular weight is 290 g/mol. The van der Waals surface area contributed by atoms with E-state index < -0.39 is 0 Å². The molecule has 0 unspecified atom stereocenters. The van der Waals surface area contributed by atoms with Gasteiger partial charge in [0.05, 0.1) is 10.6 Å². The summed E-state index contributed by atoms with van der Waals surface area (Å²) in [4.78, 5) is 4.24. The third kappa shape index (κ3) is 2.23. The van der Waals surface area contributed by atoms with Crippen LogP contribution < -0.4 is 5.73 Å². The number of nitrogen functional groups attached to an aromatic ring is 1. The van der Waals surface area contributed by atoms with Crippen LogP contribution in [0.4, 0.5) is 10.1 Å². The van der Waals surface area contributed by atoms with Crippen molar-refractivity contribution in [2.75, 3.05) is 5.73 Å². The van der Waals surface area contributed by atoms with Crippen molar-refractivity contribution in [3.63, 3.8) is 0 Å². The standard InChI is InChI=1S/C14H9ClFN3O/c15-10-2-1-3-11(17)12(10)14-18-13(19-20-14)8-4-6-9(16)7-5-8/h1-7H,17H2. The van der Waals surface area contributed by atoms with Crippen LogP contribution in [0.5, 0.6) is 0 Å². The van der Waals surface area contributed by atoms with Crippen molar-refractivity contribution in [1.29, 1.82) is 0 Å². The summed E-state index contributed by atoms with van der Waals surface area (Å²) in [6, 6.07) is 10.9. The molecule has 0 atom stereocenters. The van der Waals surface area contributed by atoms with Crippen molar-refractivity contribution in [1.82, 2.24) is 10.1 Å². The molecule has 100 valence electrons. The Hall–Kier alpha value is -2.40. The Balaban J connectivity index is 2.04. The summed E-state index contributed by atoms with van der Waals surface area (Å²) in [6.07, 6.45) is 0. The molecule has 0 aliphatic carbocycles. The molecule has 6 heteroatoms. The van der Waals surface area contributed by atoms with Crippen molar-refractivity contribution in [2.45, 2.75) is 0 Å². The van der Waals surface area contributed by atoms with Crippen LogP contribution >= 0.6 is 11.6 Å². The molecule has 1 heterocycles. The first-order valence-electron chi connectivity index (χ1n) is 5.79. The summed E-state index contributed by atoms with van der Waals surface area (Å²) in [6.45, 7) is 0. The molecule has 0 saturated carbocycles. The van der Waals surface area contributed by atoms with Gasteiger partial charge in [0, 0.05) is 11.3 Å². The zero-order valence-corrected chi connectivity index (χ0v) is 10.9. The van der Waals surface area contributed by atoms with Crippen LogP contribution in [-0.4, -0.2) is 10.1 Å². The van der Waals surface area contributed by atoms with E-state index in [9.17, 15) is 4.39 Å². The second-order valence-corrected chi connectivity index (χ2v) is 4.54. The van der Waals surface area contributed by atoms with Crippen LogP contribution in [0.25, 0.3) is 22.8 Å². The third-order valence-corrected chi connectivity index (χ3v) is 3.10. The van der Waals surface area contributed by atoms with Crippen LogP contribution in [0.15, 0.2) is 47.0 Å². The topological polar surface area (TPSA) is 64.9 Å². The second kappa shape index (κ2) is 4.94. The lowest BCUT2D eigenvalue weighted by atomic mass is 10.2. The Morgan fingerprint density at radius 3 is 2.55 bits per heavy atom. The highest BCUT2D eigenvalue weighted by molar-refractivity contribution is 6.33. The van der Waals surface area contributed by atoms with Crippen LogP contribution in [0.2, 0.25) is 5.02 Å². The highest BCUT2D eigenvalue weighted by Crippen LogP contribution is 2.33. The van der Waals surface area contributed by atoms with Crippen molar-refractivity contribution >= 4 is 17.3 Å². The average Bonchev–Trinajstić information content (AvgIpc) is 2.89. The van der Waals surface area contributed by atoms with Gasteiger partial charge in [-0.05, 0) is 36.4 Å². The van der Waals surface area contributed by atoms with E-state index in [1.807, 2.05) is 0 Å². The van der Waals surface area contributed by atoms with E-state index >= 15 is 0 Å². The SMILES string of the molecule is Nc1cccc(Cl)c1-c1nc(-c2ccc(F)cc2)no1. The van der Waals surface area contributed by atoms with E-state index in [1.54, 1.807) is 30.3 Å². The van der Waals surface area contributed by atoms with E-state index in [2.05, 4.69) is 10.1 Å². The van der Waals surface area contributed by atoms with Gasteiger partial charge in [-0.3, -0.25) is 0 Å². The predicted molar refractivity (Wildman–Crippen MR) is 74.6 cm³/mol. The first-order chi connectivity index (χ1) is 9.65. The third-order valence-electron chi connectivity index (χ3n) is 2.79. The van der Waals surface area contributed by atoms with Gasteiger partial charge in [-0.25, -0.2) is 4.39 Å². The number of benzene rings is 2. The van der Waals surface area contributed by atoms with Crippen molar-refractivity contribution in [3.8, 4) is 22.8 Å². The van der Waals surface area contributed by atoms with Gasteiger partial charge in [0.2, 0.25) is 5.82 Å². The number of anilines is 1. The first kappa shape index (κ1) is 12.6. The van der Waals surface area contributed by atoms with E-state index in [4.69, 9.17) is 21.9 Å². The molecule has 0 saturated heterocycles. The maximum atomic E-state index is 12.9. The number of aromatic nitrogens is 2. The molecular weight excluding hydrogens is 281 g/mol. The fourth-order valence-electron chi connectivity index (χ4n) is 1.81. The number of hydrogen-bond donors (Lipinski definition) is 1. The zero-order valence-electron chi connectivity index (χ0n) is 10.2. The quantitative estimate of drug-likeness (QED) is 0.729. The summed E-state index contributed by atoms with van der Waals surface area (Å²) >= 11 is 6.08. The van der Waals surface area contributed by atoms with Crippen LogP contribution in [0, 0.1) is 5.82 Å². The molecule has 3 rings (SSSR count). The van der Waals surface area contributed by atoms with Gasteiger partial charge < -0.3 is 10.3 Å². The molecule has 0 radical (unpaired) electrons. The van der Waals surface area contributed by atoms with Crippen LogP contribution in [0.3, 0.4) is 0 Å². The van der Waals surface area contributed by atoms with Gasteiger partial charge in [-0.2, -0.15) is 4.98 Å². The highest BCUT2D eigenvalue weighted by Gasteiger charge is 2.16. The van der Waals surface area contributed by atoms with Gasteiger partial charge in [0.25, 0.3) is 5.89 Å². The fourth-order valence-corrected chi connectivity index (χ4v) is 2.07. The number of nitrogens with zero attached hydrogens (tertiary/aromatic N) is 2. The van der Waals surface area contributed by atoms with Gasteiger partial charge in [0.15, 0.2) is 0 Å². The molecule has 0 spiro atoms. The molecule has 0 bridgehead atoms. The molecule has 20 heavy (non-hydrogen) atoms. The molecule has 0 aliphatic rings. The monoisotopic (exact) mass is 289 g/mol. The maximum Gasteiger partial charge on any atom is 0.261 e. The Bertz CT molecular complexity index is 735. The second-order valence-electron chi connectivity index (χ2n) is 4.13. The normalized spacial score (nSPS) is 10.7. The summed E-state index contributed by atoms with van der Waals surface area (Å²) in [5.74, 6) is 0.250. The molecular formula is C14H9ClFN3O. The van der Waals surface area contributed by atoms with E-state index in [1.165, 1.54) is 12.1 Å². The lowest BCUT2D eigenvalue weighted by Gasteiger charge is -2.01. The minimum absolute atomic E-state index is 0.229. The molecule has 3 aromatic rings. The minimum Gasteiger partial charge on any atom is -0.398 e. The molecule has 0 fully saturated rings. The van der Waals surface area contributed by atoms with Gasteiger partial charge in [-0.1, -0.05) is 22.8 Å². The summed E-state index contributed by atoms with van der Waals surface area (Å²) in [5, 5.41) is 4.28. The fraction of sp³-hybridized carbons (Fsp3) is 0. The van der Waals surface area contributed by atoms with Crippen molar-refractivity contribution in [2.24, 2.45) is 0 Å². The Morgan fingerprint density at radius 2 is 1.85 bits per heavy atom. The largest absolute Gasteiger partial charge is 0.398 e. The van der Waals surface area contributed by atoms with Gasteiger partial charge >= 0.3 is 0 Å². The Labute approximate surface area is 119 Å². The Kier molecular flexibility index (Phi) is 3.12. The summed E-state index contributed by atoms with van der Waals surface area (Å²) in [5.41, 5.74) is 7.45. The number of nitrogens with two attached hydrogens (primary N) is 1. The zero-order chi connectivity index (χ0) is 14.1. The van der Waals surface area contributed by atoms with Crippen molar-refractivity contribution < 1.29 is 8.91 Å². The Morgan fingerprint density at radius 1 is 1.10 bits per heavy atom. The molecule has 2 N–H and O–H groups in total. The van der Waals surface area contributed by atoms with E-state index in [-0.39, 0.29) is 11.7 Å². The molecule has 1 aromatic heterocycles. The highest BCUT2D eigenvalue weighted by atomic mass is 35.5. The van der Waals surface area contributed by atoms with E-state index in [0.29, 0.717) is 27.7 Å². The number of halogens is 2. The molecule has 4 nitrogen and oxygen atoms in total. The summed E-state index contributed by atoms with van der Waals surface area (Å²) < 4.78 is 18.1. The number of hydrogen-bond acceptors (Lipinski definition) is 4. The predicted octanol–water partition coefficient (Wildman–Crippen LogP) is 3.78. The smallest absolute Gasteiger partial charge is 0.261 e. The lowest BCUT2D eigenvalue weighted by molar-refractivity contribution is 0.432. The summed E-state index contributed by atoms with van der Waals surface area (Å²) in [7, 11) is 0. The van der Waals surface area contributed by atoms with Crippen LogP contribution in [0.1, 0.15) is 0 Å². The van der Waals surface area contributed by atoms with Gasteiger partial charge in [-0.15, -0.1) is 0 Å². The molecule has 0 amide bonds. The molecule has 0 aliphatic heterocycles. The lowest BCUT2D eigenvalue weighted by Crippen LogP contribution is -1.91. The minimum atomic E-state index is -0.326. The van der Waals surface area contributed by atoms with Crippen molar-refractivity contribution in [3.05, 3.63) is 53.3 Å².